The molecule has 1 aromatic carbocycles. The molecule has 0 fully saturated rings. The van der Waals surface area contributed by atoms with Crippen molar-refractivity contribution in [1.29, 1.82) is 0 Å². The molecule has 0 heterocycles. The van der Waals surface area contributed by atoms with Crippen molar-refractivity contribution in [2.24, 2.45) is 5.73 Å². The number of alkyl halides is 3. The molecule has 0 bridgehead atoms. The number of hydrogen-bond acceptors (Lipinski definition) is 2. The number of benzene rings is 1. The third-order valence-electron chi connectivity index (χ3n) is 2.58. The van der Waals surface area contributed by atoms with Crippen LogP contribution in [0.15, 0.2) is 18.2 Å². The largest absolute Gasteiger partial charge is 0.406 e. The highest BCUT2D eigenvalue weighted by atomic mass is 19.4. The first-order valence-corrected chi connectivity index (χ1v) is 6.13. The number of hydrogen-bond donors (Lipinski definition) is 1. The predicted molar refractivity (Wildman–Crippen MR) is 70.0 cm³/mol. The summed E-state index contributed by atoms with van der Waals surface area (Å²) in [7, 11) is 0. The molecular weight excluding hydrogens is 288 g/mol. The zero-order chi connectivity index (χ0) is 16.0. The molecule has 0 saturated heterocycles. The molecule has 0 aliphatic heterocycles. The Morgan fingerprint density at radius 1 is 1.38 bits per heavy atom. The molecule has 21 heavy (non-hydrogen) atoms. The van der Waals surface area contributed by atoms with Gasteiger partial charge < -0.3 is 10.6 Å². The summed E-state index contributed by atoms with van der Waals surface area (Å²) in [6, 6.07) is 3.12. The molecule has 1 aromatic rings. The molecule has 1 amide bonds. The average Bonchev–Trinajstić information content (AvgIpc) is 2.41. The van der Waals surface area contributed by atoms with E-state index in [4.69, 9.17) is 5.73 Å². The van der Waals surface area contributed by atoms with Gasteiger partial charge in [0.25, 0.3) is 5.91 Å². The van der Waals surface area contributed by atoms with Crippen molar-refractivity contribution < 1.29 is 22.4 Å². The lowest BCUT2D eigenvalue weighted by molar-refractivity contribution is -0.140. The Morgan fingerprint density at radius 2 is 2.05 bits per heavy atom. The Balaban J connectivity index is 3.16. The van der Waals surface area contributed by atoms with Crippen LogP contribution in [0.1, 0.15) is 22.8 Å². The molecule has 0 atom stereocenters. The van der Waals surface area contributed by atoms with Gasteiger partial charge in [-0.25, -0.2) is 4.39 Å². The smallest absolute Gasteiger partial charge is 0.330 e. The molecular formula is C14H14F4N2O. The zero-order valence-corrected chi connectivity index (χ0v) is 11.3. The molecule has 0 aliphatic rings. The average molecular weight is 302 g/mol. The van der Waals surface area contributed by atoms with E-state index in [1.54, 1.807) is 0 Å². The Bertz CT molecular complexity index is 573. The van der Waals surface area contributed by atoms with Crippen molar-refractivity contribution in [2.45, 2.75) is 13.1 Å². The van der Waals surface area contributed by atoms with E-state index in [1.165, 1.54) is 6.92 Å². The fourth-order valence-corrected chi connectivity index (χ4v) is 1.67. The lowest BCUT2D eigenvalue weighted by Gasteiger charge is -2.22. The van der Waals surface area contributed by atoms with Crippen molar-refractivity contribution >= 4 is 5.91 Å². The van der Waals surface area contributed by atoms with Crippen LogP contribution in [-0.4, -0.2) is 36.6 Å². The van der Waals surface area contributed by atoms with Gasteiger partial charge in [0, 0.05) is 12.1 Å². The number of nitrogens with zero attached hydrogens (tertiary/aromatic N) is 1. The van der Waals surface area contributed by atoms with E-state index in [-0.39, 0.29) is 24.2 Å². The molecule has 0 aliphatic carbocycles. The molecule has 0 aromatic heterocycles. The molecule has 114 valence electrons. The van der Waals surface area contributed by atoms with Crippen LogP contribution in [0.3, 0.4) is 0 Å². The van der Waals surface area contributed by atoms with Crippen molar-refractivity contribution in [2.75, 3.05) is 19.6 Å². The predicted octanol–water partition coefficient (Wildman–Crippen LogP) is 2.16. The summed E-state index contributed by atoms with van der Waals surface area (Å²) in [4.78, 5) is 12.8. The van der Waals surface area contributed by atoms with Crippen molar-refractivity contribution in [3.8, 4) is 11.8 Å². The number of carbonyl (C=O) groups is 1. The summed E-state index contributed by atoms with van der Waals surface area (Å²) >= 11 is 0. The van der Waals surface area contributed by atoms with Gasteiger partial charge in [-0.15, -0.1) is 0 Å². The van der Waals surface area contributed by atoms with Gasteiger partial charge in [0.05, 0.1) is 12.1 Å². The van der Waals surface area contributed by atoms with Gasteiger partial charge in [-0.05, 0) is 25.1 Å². The summed E-state index contributed by atoms with van der Waals surface area (Å²) in [5.74, 6) is 3.46. The molecule has 2 N–H and O–H groups in total. The maximum Gasteiger partial charge on any atom is 0.406 e. The van der Waals surface area contributed by atoms with E-state index < -0.39 is 24.4 Å². The van der Waals surface area contributed by atoms with Gasteiger partial charge >= 0.3 is 6.18 Å². The number of nitrogens with two attached hydrogens (primary N) is 1. The quantitative estimate of drug-likeness (QED) is 0.687. The fraction of sp³-hybridized carbons (Fsp3) is 0.357. The second kappa shape index (κ2) is 7.09. The van der Waals surface area contributed by atoms with Crippen LogP contribution in [0.5, 0.6) is 0 Å². The van der Waals surface area contributed by atoms with Crippen LogP contribution >= 0.6 is 0 Å². The second-order valence-electron chi connectivity index (χ2n) is 4.13. The maximum absolute atomic E-state index is 13.2. The van der Waals surface area contributed by atoms with Gasteiger partial charge in [-0.1, -0.05) is 11.8 Å². The van der Waals surface area contributed by atoms with Crippen LogP contribution in [-0.2, 0) is 0 Å². The number of halogens is 4. The van der Waals surface area contributed by atoms with Gasteiger partial charge in [0.2, 0.25) is 0 Å². The zero-order valence-electron chi connectivity index (χ0n) is 11.3. The molecule has 0 radical (unpaired) electrons. The summed E-state index contributed by atoms with van der Waals surface area (Å²) in [6.45, 7) is -0.0778. The highest BCUT2D eigenvalue weighted by molar-refractivity contribution is 5.96. The minimum absolute atomic E-state index is 0.00974. The van der Waals surface area contributed by atoms with E-state index in [2.05, 4.69) is 11.8 Å². The van der Waals surface area contributed by atoms with E-state index in [9.17, 15) is 22.4 Å². The van der Waals surface area contributed by atoms with Crippen molar-refractivity contribution in [3.63, 3.8) is 0 Å². The maximum atomic E-state index is 13.2. The Labute approximate surface area is 119 Å². The summed E-state index contributed by atoms with van der Waals surface area (Å²) in [6.07, 6.45) is -4.51. The van der Waals surface area contributed by atoms with Crippen molar-refractivity contribution in [3.05, 3.63) is 35.1 Å². The van der Waals surface area contributed by atoms with Crippen LogP contribution in [0.2, 0.25) is 0 Å². The Morgan fingerprint density at radius 3 is 2.57 bits per heavy atom. The monoisotopic (exact) mass is 302 g/mol. The fourth-order valence-electron chi connectivity index (χ4n) is 1.67. The normalized spacial score (nSPS) is 10.8. The van der Waals surface area contributed by atoms with E-state index >= 15 is 0 Å². The van der Waals surface area contributed by atoms with Crippen LogP contribution in [0.25, 0.3) is 0 Å². The molecule has 0 saturated carbocycles. The Kier molecular flexibility index (Phi) is 5.73. The lowest BCUT2D eigenvalue weighted by atomic mass is 10.1. The Hall–Kier alpha value is -2.07. The second-order valence-corrected chi connectivity index (χ2v) is 4.13. The minimum atomic E-state index is -4.51. The first-order valence-electron chi connectivity index (χ1n) is 6.13. The van der Waals surface area contributed by atoms with Crippen LogP contribution in [0, 0.1) is 17.7 Å². The van der Waals surface area contributed by atoms with E-state index in [0.29, 0.717) is 4.90 Å². The highest BCUT2D eigenvalue weighted by Crippen LogP contribution is 2.19. The van der Waals surface area contributed by atoms with Crippen molar-refractivity contribution in [1.82, 2.24) is 4.90 Å². The van der Waals surface area contributed by atoms with Gasteiger partial charge in [0.1, 0.15) is 12.4 Å². The third-order valence-corrected chi connectivity index (χ3v) is 2.58. The van der Waals surface area contributed by atoms with E-state index in [0.717, 1.165) is 18.2 Å². The van der Waals surface area contributed by atoms with Gasteiger partial charge in [-0.2, -0.15) is 13.2 Å². The third kappa shape index (κ3) is 5.08. The van der Waals surface area contributed by atoms with Crippen LogP contribution in [0.4, 0.5) is 17.6 Å². The first kappa shape index (κ1) is 17.0. The number of carbonyl (C=O) groups excluding carboxylic acids is 1. The standard InChI is InChI=1S/C14H14F4N2O/c1-2-20(9-14(16,17)18)13(21)12-6-5-11(15)8-10(12)4-3-7-19/h5-6,8H,2,7,9,19H2,1H3. The summed E-state index contributed by atoms with van der Waals surface area (Å²) in [5.41, 5.74) is 5.14. The van der Waals surface area contributed by atoms with E-state index in [1.807, 2.05) is 0 Å². The van der Waals surface area contributed by atoms with Gasteiger partial charge in [-0.3, -0.25) is 4.79 Å². The molecule has 0 unspecified atom stereocenters. The molecule has 3 nitrogen and oxygen atoms in total. The molecule has 1 rings (SSSR count). The molecule has 7 heteroatoms. The summed E-state index contributed by atoms with van der Waals surface area (Å²) < 4.78 is 50.5. The number of amides is 1. The highest BCUT2D eigenvalue weighted by Gasteiger charge is 2.33. The minimum Gasteiger partial charge on any atom is -0.330 e. The molecule has 0 spiro atoms. The lowest BCUT2D eigenvalue weighted by Crippen LogP contribution is -2.39. The van der Waals surface area contributed by atoms with Crippen LogP contribution < -0.4 is 5.73 Å². The first-order chi connectivity index (χ1) is 9.78. The SMILES string of the molecule is CCN(CC(F)(F)F)C(=O)c1ccc(F)cc1C#CCN. The number of rotatable bonds is 3. The topological polar surface area (TPSA) is 46.3 Å². The summed E-state index contributed by atoms with van der Waals surface area (Å²) in [5, 5.41) is 0. The van der Waals surface area contributed by atoms with Gasteiger partial charge in [0.15, 0.2) is 0 Å².